The number of urea groups is 1. The van der Waals surface area contributed by atoms with Gasteiger partial charge in [-0.1, -0.05) is 30.3 Å². The van der Waals surface area contributed by atoms with E-state index in [1.165, 1.54) is 11.8 Å². The first-order chi connectivity index (χ1) is 15.9. The second kappa shape index (κ2) is 9.72. The van der Waals surface area contributed by atoms with E-state index < -0.39 is 23.9 Å². The molecule has 2 aliphatic rings. The number of hydrogen-bond acceptors (Lipinski definition) is 5. The molecule has 4 amide bonds. The van der Waals surface area contributed by atoms with Gasteiger partial charge in [0, 0.05) is 18.8 Å². The molecule has 0 saturated carbocycles. The third-order valence-electron chi connectivity index (χ3n) is 5.82. The molecule has 4 rings (SSSR count). The van der Waals surface area contributed by atoms with Crippen molar-refractivity contribution < 1.29 is 23.9 Å². The highest BCUT2D eigenvalue weighted by atomic mass is 16.5. The maximum atomic E-state index is 12.9. The average Bonchev–Trinajstić information content (AvgIpc) is 2.83. The van der Waals surface area contributed by atoms with E-state index in [1.54, 1.807) is 29.2 Å². The molecule has 2 N–H and O–H groups in total. The van der Waals surface area contributed by atoms with E-state index in [0.29, 0.717) is 43.0 Å². The van der Waals surface area contributed by atoms with Crippen molar-refractivity contribution in [1.82, 2.24) is 4.90 Å². The van der Waals surface area contributed by atoms with Gasteiger partial charge in [0.1, 0.15) is 6.54 Å². The number of esters is 1. The topological polar surface area (TPSA) is 108 Å². The van der Waals surface area contributed by atoms with Gasteiger partial charge in [0.15, 0.2) is 6.10 Å². The SMILES string of the molecule is C[C@@H](OC(=O)C1CCN(C(=O)Nc2ccccc2)CC1)C(=O)N1CC(=O)Nc2ccccc21. The standard InChI is InChI=1S/C24H26N4O5/c1-16(22(30)28-15-21(29)26-19-9-5-6-10-20(19)28)33-23(31)17-11-13-27(14-12-17)24(32)25-18-7-3-2-4-8-18/h2-10,16-17H,11-15H2,1H3,(H,25,32)(H,26,29)/t16-/m1/s1. The van der Waals surface area contributed by atoms with Gasteiger partial charge in [0.2, 0.25) is 5.91 Å². The van der Waals surface area contributed by atoms with Gasteiger partial charge < -0.3 is 20.3 Å². The van der Waals surface area contributed by atoms with Gasteiger partial charge in [-0.3, -0.25) is 19.3 Å². The molecule has 1 atom stereocenters. The summed E-state index contributed by atoms with van der Waals surface area (Å²) in [4.78, 5) is 53.0. The van der Waals surface area contributed by atoms with Crippen molar-refractivity contribution in [3.63, 3.8) is 0 Å². The van der Waals surface area contributed by atoms with Crippen molar-refractivity contribution >= 4 is 40.9 Å². The van der Waals surface area contributed by atoms with Gasteiger partial charge in [0.05, 0.1) is 17.3 Å². The fourth-order valence-electron chi connectivity index (χ4n) is 4.01. The van der Waals surface area contributed by atoms with Gasteiger partial charge in [-0.15, -0.1) is 0 Å². The van der Waals surface area contributed by atoms with E-state index >= 15 is 0 Å². The number of carbonyl (C=O) groups excluding carboxylic acids is 4. The molecule has 0 radical (unpaired) electrons. The first kappa shape index (κ1) is 22.3. The number of piperidine rings is 1. The monoisotopic (exact) mass is 450 g/mol. The number of nitrogens with one attached hydrogen (secondary N) is 2. The maximum absolute atomic E-state index is 12.9. The van der Waals surface area contributed by atoms with Crippen LogP contribution in [0.2, 0.25) is 0 Å². The number of para-hydroxylation sites is 3. The number of rotatable bonds is 4. The molecule has 172 valence electrons. The average molecular weight is 450 g/mol. The number of carbonyl (C=O) groups is 4. The third kappa shape index (κ3) is 5.14. The predicted octanol–water partition coefficient (Wildman–Crippen LogP) is 2.85. The van der Waals surface area contributed by atoms with Crippen LogP contribution in [-0.4, -0.2) is 54.5 Å². The molecule has 9 nitrogen and oxygen atoms in total. The fourth-order valence-corrected chi connectivity index (χ4v) is 4.01. The van der Waals surface area contributed by atoms with E-state index in [2.05, 4.69) is 10.6 Å². The molecule has 9 heteroatoms. The number of nitrogens with zero attached hydrogens (tertiary/aromatic N) is 2. The van der Waals surface area contributed by atoms with Crippen LogP contribution in [0.1, 0.15) is 19.8 Å². The summed E-state index contributed by atoms with van der Waals surface area (Å²) in [6.07, 6.45) is -0.121. The van der Waals surface area contributed by atoms with Crippen LogP contribution >= 0.6 is 0 Å². The first-order valence-corrected chi connectivity index (χ1v) is 10.9. The van der Waals surface area contributed by atoms with Gasteiger partial charge in [-0.05, 0) is 44.0 Å². The number of fused-ring (bicyclic) bond motifs is 1. The Bertz CT molecular complexity index is 1050. The summed E-state index contributed by atoms with van der Waals surface area (Å²) in [6.45, 7) is 2.21. The van der Waals surface area contributed by atoms with Gasteiger partial charge >= 0.3 is 12.0 Å². The van der Waals surface area contributed by atoms with Crippen LogP contribution in [0.5, 0.6) is 0 Å². The van der Waals surface area contributed by atoms with Gasteiger partial charge in [-0.25, -0.2) is 4.79 Å². The lowest BCUT2D eigenvalue weighted by Crippen LogP contribution is -2.48. The molecule has 1 saturated heterocycles. The van der Waals surface area contributed by atoms with Crippen molar-refractivity contribution in [2.75, 3.05) is 35.2 Å². The Balaban J connectivity index is 1.30. The lowest BCUT2D eigenvalue weighted by Gasteiger charge is -2.33. The quantitative estimate of drug-likeness (QED) is 0.697. The zero-order valence-corrected chi connectivity index (χ0v) is 18.3. The summed E-state index contributed by atoms with van der Waals surface area (Å²) in [5.41, 5.74) is 1.83. The highest BCUT2D eigenvalue weighted by molar-refractivity contribution is 6.11. The Morgan fingerprint density at radius 2 is 1.70 bits per heavy atom. The zero-order valence-electron chi connectivity index (χ0n) is 18.3. The Hall–Kier alpha value is -3.88. The van der Waals surface area contributed by atoms with Crippen molar-refractivity contribution in [3.05, 3.63) is 54.6 Å². The minimum absolute atomic E-state index is 0.132. The van der Waals surface area contributed by atoms with E-state index in [9.17, 15) is 19.2 Å². The summed E-state index contributed by atoms with van der Waals surface area (Å²) in [5, 5.41) is 5.57. The molecule has 2 aliphatic heterocycles. The molecule has 33 heavy (non-hydrogen) atoms. The highest BCUT2D eigenvalue weighted by Gasteiger charge is 2.34. The number of anilines is 3. The minimum atomic E-state index is -1.03. The summed E-state index contributed by atoms with van der Waals surface area (Å²) in [6, 6.07) is 16.0. The van der Waals surface area contributed by atoms with Gasteiger partial charge in [0.25, 0.3) is 5.91 Å². The Morgan fingerprint density at radius 1 is 1.03 bits per heavy atom. The Morgan fingerprint density at radius 3 is 2.42 bits per heavy atom. The van der Waals surface area contributed by atoms with Crippen molar-refractivity contribution in [2.24, 2.45) is 5.92 Å². The fraction of sp³-hybridized carbons (Fsp3) is 0.333. The van der Waals surface area contributed by atoms with Crippen LogP contribution in [0.3, 0.4) is 0 Å². The molecule has 2 heterocycles. The van der Waals surface area contributed by atoms with Crippen LogP contribution in [-0.2, 0) is 19.1 Å². The number of amides is 4. The second-order valence-corrected chi connectivity index (χ2v) is 8.13. The largest absolute Gasteiger partial charge is 0.452 e. The smallest absolute Gasteiger partial charge is 0.321 e. The molecule has 0 unspecified atom stereocenters. The molecule has 2 aromatic rings. The normalized spacial score (nSPS) is 16.9. The summed E-state index contributed by atoms with van der Waals surface area (Å²) >= 11 is 0. The van der Waals surface area contributed by atoms with Crippen LogP contribution in [0.25, 0.3) is 0 Å². The van der Waals surface area contributed by atoms with Crippen LogP contribution in [0.15, 0.2) is 54.6 Å². The molecule has 1 fully saturated rings. The number of hydrogen-bond donors (Lipinski definition) is 2. The second-order valence-electron chi connectivity index (χ2n) is 8.13. The lowest BCUT2D eigenvalue weighted by atomic mass is 9.97. The number of benzene rings is 2. The van der Waals surface area contributed by atoms with E-state index in [0.717, 1.165) is 0 Å². The molecule has 0 aromatic heterocycles. The lowest BCUT2D eigenvalue weighted by molar-refractivity contribution is -0.159. The number of likely N-dealkylation sites (tertiary alicyclic amines) is 1. The van der Waals surface area contributed by atoms with E-state index in [4.69, 9.17) is 4.74 Å². The number of ether oxygens (including phenoxy) is 1. The highest BCUT2D eigenvalue weighted by Crippen LogP contribution is 2.30. The Labute approximate surface area is 191 Å². The third-order valence-corrected chi connectivity index (χ3v) is 5.82. The Kier molecular flexibility index (Phi) is 6.58. The van der Waals surface area contributed by atoms with E-state index in [1.807, 2.05) is 30.3 Å². The van der Waals surface area contributed by atoms with Crippen molar-refractivity contribution in [2.45, 2.75) is 25.9 Å². The minimum Gasteiger partial charge on any atom is -0.452 e. The summed E-state index contributed by atoms with van der Waals surface area (Å²) < 4.78 is 5.47. The molecule has 0 bridgehead atoms. The maximum Gasteiger partial charge on any atom is 0.321 e. The van der Waals surface area contributed by atoms with Crippen LogP contribution in [0, 0.1) is 5.92 Å². The summed E-state index contributed by atoms with van der Waals surface area (Å²) in [5.74, 6) is -1.61. The zero-order chi connectivity index (χ0) is 23.4. The van der Waals surface area contributed by atoms with Crippen LogP contribution < -0.4 is 15.5 Å². The van der Waals surface area contributed by atoms with E-state index in [-0.39, 0.29) is 18.5 Å². The predicted molar refractivity (Wildman–Crippen MR) is 123 cm³/mol. The summed E-state index contributed by atoms with van der Waals surface area (Å²) in [7, 11) is 0. The first-order valence-electron chi connectivity index (χ1n) is 10.9. The molecule has 0 spiro atoms. The molecule has 2 aromatic carbocycles. The molecule has 0 aliphatic carbocycles. The molecular weight excluding hydrogens is 424 g/mol. The molecular formula is C24H26N4O5. The van der Waals surface area contributed by atoms with Gasteiger partial charge in [-0.2, -0.15) is 0 Å². The van der Waals surface area contributed by atoms with Crippen LogP contribution in [0.4, 0.5) is 21.9 Å². The van der Waals surface area contributed by atoms with Crippen molar-refractivity contribution in [1.29, 1.82) is 0 Å². The van der Waals surface area contributed by atoms with Crippen molar-refractivity contribution in [3.8, 4) is 0 Å².